The van der Waals surface area contributed by atoms with Crippen molar-refractivity contribution in [3.8, 4) is 5.75 Å². The predicted molar refractivity (Wildman–Crippen MR) is 102 cm³/mol. The minimum atomic E-state index is 0.0488. The third-order valence-corrected chi connectivity index (χ3v) is 4.36. The maximum absolute atomic E-state index is 12.8. The first-order chi connectivity index (χ1) is 12.2. The fourth-order valence-corrected chi connectivity index (χ4v) is 2.92. The molecule has 3 heteroatoms. The van der Waals surface area contributed by atoms with Gasteiger partial charge in [-0.2, -0.15) is 0 Å². The van der Waals surface area contributed by atoms with Crippen molar-refractivity contribution in [2.45, 2.75) is 13.3 Å². The summed E-state index contributed by atoms with van der Waals surface area (Å²) in [4.78, 5) is 14.5. The molecule has 0 saturated carbocycles. The highest BCUT2D eigenvalue weighted by Crippen LogP contribution is 2.20. The number of para-hydroxylation sites is 1. The van der Waals surface area contributed by atoms with Gasteiger partial charge in [0, 0.05) is 19.2 Å². The number of benzene rings is 3. The van der Waals surface area contributed by atoms with E-state index < -0.39 is 0 Å². The first-order valence-corrected chi connectivity index (χ1v) is 8.58. The zero-order chi connectivity index (χ0) is 17.6. The molecule has 0 aliphatic carbocycles. The topological polar surface area (TPSA) is 29.5 Å². The number of aryl methyl sites for hydroxylation is 1. The van der Waals surface area contributed by atoms with Gasteiger partial charge >= 0.3 is 0 Å². The number of ether oxygens (including phenoxy) is 1. The molecule has 3 nitrogen and oxygen atoms in total. The predicted octanol–water partition coefficient (Wildman–Crippen LogP) is 4.69. The van der Waals surface area contributed by atoms with Gasteiger partial charge < -0.3 is 9.64 Å². The smallest absolute Gasteiger partial charge is 0.254 e. The summed E-state index contributed by atoms with van der Waals surface area (Å²) >= 11 is 0. The van der Waals surface area contributed by atoms with Gasteiger partial charge in [-0.15, -0.1) is 0 Å². The van der Waals surface area contributed by atoms with E-state index in [1.807, 2.05) is 80.7 Å². The van der Waals surface area contributed by atoms with Crippen LogP contribution < -0.4 is 4.74 Å². The highest BCUT2D eigenvalue weighted by Gasteiger charge is 2.14. The van der Waals surface area contributed by atoms with Gasteiger partial charge in [0.25, 0.3) is 5.91 Å². The molecule has 0 fully saturated rings. The maximum Gasteiger partial charge on any atom is 0.254 e. The Morgan fingerprint density at radius 3 is 2.52 bits per heavy atom. The highest BCUT2D eigenvalue weighted by molar-refractivity contribution is 6.06. The zero-order valence-electron chi connectivity index (χ0n) is 14.7. The van der Waals surface area contributed by atoms with E-state index in [1.165, 1.54) is 0 Å². The summed E-state index contributed by atoms with van der Waals surface area (Å²) in [5.41, 5.74) is 1.88. The molecule has 3 aromatic carbocycles. The Balaban J connectivity index is 1.58. The molecule has 128 valence electrons. The monoisotopic (exact) mass is 333 g/mol. The Morgan fingerprint density at radius 1 is 0.960 bits per heavy atom. The van der Waals surface area contributed by atoms with Gasteiger partial charge in [-0.3, -0.25) is 4.79 Å². The first kappa shape index (κ1) is 17.0. The van der Waals surface area contributed by atoms with Crippen molar-refractivity contribution in [2.75, 3.05) is 20.2 Å². The second kappa shape index (κ2) is 7.84. The fourth-order valence-electron chi connectivity index (χ4n) is 2.92. The van der Waals surface area contributed by atoms with Crippen LogP contribution in [0.25, 0.3) is 10.8 Å². The minimum absolute atomic E-state index is 0.0488. The van der Waals surface area contributed by atoms with Gasteiger partial charge in [0.15, 0.2) is 0 Å². The highest BCUT2D eigenvalue weighted by atomic mass is 16.5. The van der Waals surface area contributed by atoms with E-state index >= 15 is 0 Å². The van der Waals surface area contributed by atoms with Crippen molar-refractivity contribution in [1.29, 1.82) is 0 Å². The summed E-state index contributed by atoms with van der Waals surface area (Å²) in [6, 6.07) is 21.8. The van der Waals surface area contributed by atoms with Crippen molar-refractivity contribution >= 4 is 16.7 Å². The van der Waals surface area contributed by atoms with E-state index in [0.717, 1.165) is 34.1 Å². The Morgan fingerprint density at radius 2 is 1.68 bits per heavy atom. The maximum atomic E-state index is 12.8. The average Bonchev–Trinajstić information content (AvgIpc) is 2.65. The molecule has 3 rings (SSSR count). The Kier molecular flexibility index (Phi) is 5.34. The summed E-state index contributed by atoms with van der Waals surface area (Å²) in [6.07, 6.45) is 0.793. The SMILES string of the molecule is Cc1ccccc1OCCCN(C)C(=O)c1cccc2ccccc12. The third-order valence-electron chi connectivity index (χ3n) is 4.36. The van der Waals surface area contributed by atoms with E-state index in [9.17, 15) is 4.79 Å². The molecule has 0 atom stereocenters. The lowest BCUT2D eigenvalue weighted by molar-refractivity contribution is 0.0789. The van der Waals surface area contributed by atoms with E-state index in [2.05, 4.69) is 0 Å². The van der Waals surface area contributed by atoms with E-state index in [1.54, 1.807) is 4.90 Å². The third kappa shape index (κ3) is 4.00. The molecule has 0 spiro atoms. The largest absolute Gasteiger partial charge is 0.493 e. The van der Waals surface area contributed by atoms with Crippen molar-refractivity contribution in [2.24, 2.45) is 0 Å². The number of rotatable bonds is 6. The average molecular weight is 333 g/mol. The molecule has 0 aromatic heterocycles. The molecule has 0 saturated heterocycles. The number of carbonyl (C=O) groups excluding carboxylic acids is 1. The summed E-state index contributed by atoms with van der Waals surface area (Å²) in [5, 5.41) is 2.09. The second-order valence-electron chi connectivity index (χ2n) is 6.22. The van der Waals surface area contributed by atoms with Crippen molar-refractivity contribution in [3.63, 3.8) is 0 Å². The molecule has 25 heavy (non-hydrogen) atoms. The lowest BCUT2D eigenvalue weighted by Crippen LogP contribution is -2.28. The van der Waals surface area contributed by atoms with Crippen LogP contribution in [0.1, 0.15) is 22.3 Å². The second-order valence-corrected chi connectivity index (χ2v) is 6.22. The number of carbonyl (C=O) groups is 1. The summed E-state index contributed by atoms with van der Waals surface area (Å²) in [6.45, 7) is 3.29. The van der Waals surface area contributed by atoms with Crippen LogP contribution >= 0.6 is 0 Å². The lowest BCUT2D eigenvalue weighted by atomic mass is 10.0. The van der Waals surface area contributed by atoms with Crippen LogP contribution in [-0.4, -0.2) is 31.0 Å². The van der Waals surface area contributed by atoms with E-state index in [-0.39, 0.29) is 5.91 Å². The van der Waals surface area contributed by atoms with Gasteiger partial charge in [-0.25, -0.2) is 0 Å². The van der Waals surface area contributed by atoms with Gasteiger partial charge in [-0.1, -0.05) is 54.6 Å². The molecule has 0 heterocycles. The van der Waals surface area contributed by atoms with E-state index in [4.69, 9.17) is 4.74 Å². The van der Waals surface area contributed by atoms with Crippen LogP contribution in [0.2, 0.25) is 0 Å². The van der Waals surface area contributed by atoms with Crippen molar-refractivity contribution < 1.29 is 9.53 Å². The van der Waals surface area contributed by atoms with Crippen LogP contribution in [-0.2, 0) is 0 Å². The van der Waals surface area contributed by atoms with Gasteiger partial charge in [0.1, 0.15) is 5.75 Å². The van der Waals surface area contributed by atoms with E-state index in [0.29, 0.717) is 13.2 Å². The molecular formula is C22H23NO2. The molecule has 0 N–H and O–H groups in total. The van der Waals surface area contributed by atoms with Gasteiger partial charge in [-0.05, 0) is 41.8 Å². The summed E-state index contributed by atoms with van der Waals surface area (Å²) < 4.78 is 5.80. The van der Waals surface area contributed by atoms with Crippen LogP contribution in [0, 0.1) is 6.92 Å². The number of fused-ring (bicyclic) bond motifs is 1. The van der Waals surface area contributed by atoms with Crippen LogP contribution in [0.15, 0.2) is 66.7 Å². The normalized spacial score (nSPS) is 10.6. The Bertz CT molecular complexity index is 867. The molecule has 1 amide bonds. The Labute approximate surface area is 148 Å². The fraction of sp³-hybridized carbons (Fsp3) is 0.227. The molecular weight excluding hydrogens is 310 g/mol. The van der Waals surface area contributed by atoms with Gasteiger partial charge in [0.05, 0.1) is 6.61 Å². The van der Waals surface area contributed by atoms with Crippen LogP contribution in [0.4, 0.5) is 0 Å². The number of hydrogen-bond acceptors (Lipinski definition) is 2. The number of hydrogen-bond donors (Lipinski definition) is 0. The van der Waals surface area contributed by atoms with Crippen molar-refractivity contribution in [1.82, 2.24) is 4.90 Å². The molecule has 0 radical (unpaired) electrons. The summed E-state index contributed by atoms with van der Waals surface area (Å²) in [7, 11) is 1.85. The molecule has 0 aliphatic rings. The minimum Gasteiger partial charge on any atom is -0.493 e. The summed E-state index contributed by atoms with van der Waals surface area (Å²) in [5.74, 6) is 0.957. The standard InChI is InChI=1S/C22H23NO2/c1-17-9-3-6-14-21(17)25-16-8-15-23(2)22(24)20-13-7-11-18-10-4-5-12-19(18)20/h3-7,9-14H,8,15-16H2,1-2H3. The Hall–Kier alpha value is -2.81. The number of nitrogens with zero attached hydrogens (tertiary/aromatic N) is 1. The number of amides is 1. The quantitative estimate of drug-likeness (QED) is 0.613. The van der Waals surface area contributed by atoms with Crippen LogP contribution in [0.3, 0.4) is 0 Å². The van der Waals surface area contributed by atoms with Gasteiger partial charge in [0.2, 0.25) is 0 Å². The molecule has 0 aliphatic heterocycles. The first-order valence-electron chi connectivity index (χ1n) is 8.58. The van der Waals surface area contributed by atoms with Crippen molar-refractivity contribution in [3.05, 3.63) is 77.9 Å². The molecule has 3 aromatic rings. The van der Waals surface area contributed by atoms with Crippen LogP contribution in [0.5, 0.6) is 5.75 Å². The zero-order valence-corrected chi connectivity index (χ0v) is 14.7. The molecule has 0 unspecified atom stereocenters. The lowest BCUT2D eigenvalue weighted by Gasteiger charge is -2.18. The molecule has 0 bridgehead atoms.